The smallest absolute Gasteiger partial charge is 0.387 e. The second-order valence-corrected chi connectivity index (χ2v) is 5.08. The van der Waals surface area contributed by atoms with Crippen LogP contribution in [0.25, 0.3) is 0 Å². The van der Waals surface area contributed by atoms with Crippen LogP contribution in [0.2, 0.25) is 0 Å². The predicted molar refractivity (Wildman–Crippen MR) is 69.3 cm³/mol. The lowest BCUT2D eigenvalue weighted by molar-refractivity contribution is -0.0521. The molecule has 7 heteroatoms. The van der Waals surface area contributed by atoms with Crippen LogP contribution in [0, 0.1) is 11.2 Å². The second-order valence-electron chi connectivity index (χ2n) is 5.08. The van der Waals surface area contributed by atoms with Crippen LogP contribution in [0.1, 0.15) is 19.3 Å². The van der Waals surface area contributed by atoms with Crippen LogP contribution in [-0.2, 0) is 0 Å². The third kappa shape index (κ3) is 3.47. The molecule has 0 unspecified atom stereocenters. The number of aliphatic hydroxyl groups excluding tert-OH is 1. The molecule has 0 bridgehead atoms. The van der Waals surface area contributed by atoms with Crippen LogP contribution in [0.15, 0.2) is 12.1 Å². The number of hydrogen-bond acceptors (Lipinski definition) is 4. The van der Waals surface area contributed by atoms with Crippen molar-refractivity contribution in [1.29, 1.82) is 0 Å². The van der Waals surface area contributed by atoms with E-state index in [1.54, 1.807) is 0 Å². The molecule has 0 atom stereocenters. The summed E-state index contributed by atoms with van der Waals surface area (Å²) >= 11 is 0. The summed E-state index contributed by atoms with van der Waals surface area (Å²) in [6, 6.07) is 2.08. The number of benzene rings is 1. The number of nitrogens with two attached hydrogens (primary N) is 1. The number of alkyl halides is 2. The number of rotatable bonds is 7. The molecular weight excluding hydrogens is 273 g/mol. The maximum Gasteiger partial charge on any atom is 0.387 e. The third-order valence-electron chi connectivity index (χ3n) is 3.57. The van der Waals surface area contributed by atoms with Crippen LogP contribution in [0.4, 0.5) is 24.5 Å². The summed E-state index contributed by atoms with van der Waals surface area (Å²) < 4.78 is 41.8. The van der Waals surface area contributed by atoms with E-state index in [1.165, 1.54) is 0 Å². The van der Waals surface area contributed by atoms with E-state index in [4.69, 9.17) is 10.8 Å². The van der Waals surface area contributed by atoms with E-state index in [2.05, 4.69) is 10.1 Å². The summed E-state index contributed by atoms with van der Waals surface area (Å²) in [5, 5.41) is 12.0. The van der Waals surface area contributed by atoms with E-state index in [0.717, 1.165) is 25.0 Å². The molecule has 1 saturated carbocycles. The number of aliphatic hydroxyl groups is 1. The summed E-state index contributed by atoms with van der Waals surface area (Å²) in [5.74, 6) is -1.46. The molecule has 1 fully saturated rings. The molecule has 0 radical (unpaired) electrons. The maximum atomic E-state index is 13.4. The minimum atomic E-state index is -3.09. The van der Waals surface area contributed by atoms with Gasteiger partial charge in [-0.15, -0.1) is 0 Å². The van der Waals surface area contributed by atoms with Gasteiger partial charge in [0.15, 0.2) is 11.6 Å². The van der Waals surface area contributed by atoms with Crippen LogP contribution < -0.4 is 15.8 Å². The first kappa shape index (κ1) is 14.8. The van der Waals surface area contributed by atoms with E-state index in [1.807, 2.05) is 0 Å². The number of anilines is 2. The lowest BCUT2D eigenvalue weighted by atomic mass is 10.0. The van der Waals surface area contributed by atoms with Gasteiger partial charge in [-0.2, -0.15) is 8.78 Å². The van der Waals surface area contributed by atoms with Crippen molar-refractivity contribution in [1.82, 2.24) is 0 Å². The highest BCUT2D eigenvalue weighted by Crippen LogP contribution is 2.48. The van der Waals surface area contributed by atoms with E-state index >= 15 is 0 Å². The summed E-state index contributed by atoms with van der Waals surface area (Å²) in [4.78, 5) is 0. The van der Waals surface area contributed by atoms with Crippen molar-refractivity contribution in [2.24, 2.45) is 5.41 Å². The minimum Gasteiger partial charge on any atom is -0.432 e. The Bertz CT molecular complexity index is 479. The van der Waals surface area contributed by atoms with Gasteiger partial charge in [0.2, 0.25) is 0 Å². The molecule has 4 N–H and O–H groups in total. The molecule has 0 aromatic heterocycles. The first-order valence-electron chi connectivity index (χ1n) is 6.34. The molecule has 4 nitrogen and oxygen atoms in total. The van der Waals surface area contributed by atoms with Crippen molar-refractivity contribution < 1.29 is 23.0 Å². The molecule has 1 aromatic rings. The zero-order valence-electron chi connectivity index (χ0n) is 10.8. The molecule has 0 spiro atoms. The van der Waals surface area contributed by atoms with Gasteiger partial charge in [0.05, 0.1) is 11.4 Å². The molecular formula is C13H17F3N2O2. The monoisotopic (exact) mass is 290 g/mol. The Hall–Kier alpha value is -1.63. The first-order chi connectivity index (χ1) is 9.46. The normalized spacial score (nSPS) is 16.2. The van der Waals surface area contributed by atoms with Crippen molar-refractivity contribution in [2.45, 2.75) is 25.9 Å². The maximum absolute atomic E-state index is 13.4. The molecule has 0 amide bonds. The fourth-order valence-electron chi connectivity index (χ4n) is 2.12. The molecule has 20 heavy (non-hydrogen) atoms. The third-order valence-corrected chi connectivity index (χ3v) is 3.57. The van der Waals surface area contributed by atoms with Crippen molar-refractivity contribution in [2.75, 3.05) is 24.2 Å². The van der Waals surface area contributed by atoms with E-state index in [0.29, 0.717) is 18.7 Å². The van der Waals surface area contributed by atoms with Crippen molar-refractivity contribution in [3.63, 3.8) is 0 Å². The Kier molecular flexibility index (Phi) is 4.27. The number of nitrogens with one attached hydrogen (secondary N) is 1. The van der Waals surface area contributed by atoms with Crippen LogP contribution in [0.3, 0.4) is 0 Å². The standard InChI is InChI=1S/C13H17F3N2O2/c14-8-5-9(17)10(6-11(8)20-12(15)16)18-7-13(1-2-13)3-4-19/h5-6,12,18-19H,1-4,7,17H2. The van der Waals surface area contributed by atoms with E-state index in [-0.39, 0.29) is 17.7 Å². The quantitative estimate of drug-likeness (QED) is 0.675. The lowest BCUT2D eigenvalue weighted by Gasteiger charge is -2.17. The molecule has 1 aliphatic rings. The predicted octanol–water partition coefficient (Wildman–Crippen LogP) is 2.58. The summed E-state index contributed by atoms with van der Waals surface area (Å²) in [7, 11) is 0. The van der Waals surface area contributed by atoms with Gasteiger partial charge in [0.25, 0.3) is 0 Å². The highest BCUT2D eigenvalue weighted by atomic mass is 19.3. The average molecular weight is 290 g/mol. The molecule has 2 rings (SSSR count). The molecule has 1 aromatic carbocycles. The highest BCUT2D eigenvalue weighted by Gasteiger charge is 2.41. The van der Waals surface area contributed by atoms with Crippen molar-refractivity contribution >= 4 is 11.4 Å². The minimum absolute atomic E-state index is 0.0271. The van der Waals surface area contributed by atoms with E-state index < -0.39 is 18.2 Å². The Morgan fingerprint density at radius 2 is 2.10 bits per heavy atom. The van der Waals surface area contributed by atoms with Gasteiger partial charge in [-0.25, -0.2) is 4.39 Å². The zero-order chi connectivity index (χ0) is 14.8. The van der Waals surface area contributed by atoms with Crippen molar-refractivity contribution in [3.05, 3.63) is 17.9 Å². The number of halogens is 3. The number of nitrogen functional groups attached to an aromatic ring is 1. The average Bonchev–Trinajstić information content (AvgIpc) is 3.11. The topological polar surface area (TPSA) is 67.5 Å². The Labute approximate surface area is 114 Å². The van der Waals surface area contributed by atoms with Gasteiger partial charge in [-0.1, -0.05) is 0 Å². The fraction of sp³-hybridized carbons (Fsp3) is 0.538. The SMILES string of the molecule is Nc1cc(F)c(OC(F)F)cc1NCC1(CCO)CC1. The van der Waals surface area contributed by atoms with Gasteiger partial charge < -0.3 is 20.9 Å². The zero-order valence-corrected chi connectivity index (χ0v) is 10.8. The Balaban J connectivity index is 2.07. The first-order valence-corrected chi connectivity index (χ1v) is 6.34. The summed E-state index contributed by atoms with van der Waals surface area (Å²) in [6.45, 7) is -2.44. The highest BCUT2D eigenvalue weighted by molar-refractivity contribution is 5.68. The molecule has 1 aliphatic carbocycles. The van der Waals surface area contributed by atoms with Gasteiger partial charge >= 0.3 is 6.61 Å². The molecule has 0 heterocycles. The number of hydrogen-bond donors (Lipinski definition) is 3. The summed E-state index contributed by atoms with van der Waals surface area (Å²) in [6.07, 6.45) is 2.64. The number of ether oxygens (including phenoxy) is 1. The van der Waals surface area contributed by atoms with E-state index in [9.17, 15) is 13.2 Å². The largest absolute Gasteiger partial charge is 0.432 e. The molecule has 112 valence electrons. The Morgan fingerprint density at radius 3 is 2.65 bits per heavy atom. The summed E-state index contributed by atoms with van der Waals surface area (Å²) in [5.41, 5.74) is 6.16. The van der Waals surface area contributed by atoms with Crippen LogP contribution >= 0.6 is 0 Å². The fourth-order valence-corrected chi connectivity index (χ4v) is 2.12. The van der Waals surface area contributed by atoms with Gasteiger partial charge in [0.1, 0.15) is 0 Å². The van der Waals surface area contributed by atoms with Gasteiger partial charge in [-0.05, 0) is 24.7 Å². The Morgan fingerprint density at radius 1 is 1.40 bits per heavy atom. The van der Waals surface area contributed by atoms with Crippen LogP contribution in [-0.4, -0.2) is 24.9 Å². The van der Waals surface area contributed by atoms with Gasteiger partial charge in [-0.3, -0.25) is 0 Å². The molecule has 0 aliphatic heterocycles. The lowest BCUT2D eigenvalue weighted by Crippen LogP contribution is -2.17. The molecule has 0 saturated heterocycles. The second kappa shape index (κ2) is 5.78. The van der Waals surface area contributed by atoms with Crippen molar-refractivity contribution in [3.8, 4) is 5.75 Å². The van der Waals surface area contributed by atoms with Crippen LogP contribution in [0.5, 0.6) is 5.75 Å². The van der Waals surface area contributed by atoms with Gasteiger partial charge in [0, 0.05) is 25.3 Å².